The maximum absolute atomic E-state index is 13.1. The average Bonchev–Trinajstić information content (AvgIpc) is 3.34. The highest BCUT2D eigenvalue weighted by Crippen LogP contribution is 2.30. The van der Waals surface area contributed by atoms with Crippen molar-refractivity contribution >= 4 is 17.2 Å². The molecule has 1 aromatic heterocycles. The number of benzene rings is 1. The number of amides is 1. The molecule has 1 aromatic carbocycles. The largest absolute Gasteiger partial charge is 0.490 e. The summed E-state index contributed by atoms with van der Waals surface area (Å²) in [6, 6.07) is 6.04. The number of carbonyl (C=O) groups excluding carboxylic acids is 1. The molecule has 7 nitrogen and oxygen atoms in total. The van der Waals surface area contributed by atoms with Gasteiger partial charge in [-0.25, -0.2) is 4.98 Å². The number of thiazole rings is 1. The Labute approximate surface area is 194 Å². The van der Waals surface area contributed by atoms with E-state index in [1.54, 1.807) is 17.5 Å². The Morgan fingerprint density at radius 3 is 2.41 bits per heavy atom. The first kappa shape index (κ1) is 22.9. The molecule has 0 unspecified atom stereocenters. The molecule has 2 aliphatic rings. The summed E-state index contributed by atoms with van der Waals surface area (Å²) in [5.74, 6) is 1.40. The van der Waals surface area contributed by atoms with E-state index in [0.29, 0.717) is 36.3 Å². The number of carbonyl (C=O) groups is 1. The number of rotatable bonds is 8. The second-order valence-corrected chi connectivity index (χ2v) is 9.06. The third-order valence-corrected chi connectivity index (χ3v) is 6.87. The Kier molecular flexibility index (Phi) is 7.86. The molecular weight excluding hydrogens is 426 g/mol. The molecule has 2 aliphatic heterocycles. The molecule has 2 aromatic rings. The quantitative estimate of drug-likeness (QED) is 0.593. The lowest BCUT2D eigenvalue weighted by Crippen LogP contribution is -2.50. The average molecular weight is 460 g/mol. The molecule has 8 heteroatoms. The molecule has 3 heterocycles. The maximum Gasteiger partial charge on any atom is 0.273 e. The van der Waals surface area contributed by atoms with Gasteiger partial charge in [0, 0.05) is 49.4 Å². The van der Waals surface area contributed by atoms with Crippen LogP contribution >= 0.6 is 11.3 Å². The van der Waals surface area contributed by atoms with Crippen LogP contribution in [0.4, 0.5) is 0 Å². The molecule has 0 saturated carbocycles. The highest BCUT2D eigenvalue weighted by molar-refractivity contribution is 7.11. The lowest BCUT2D eigenvalue weighted by Gasteiger charge is -2.41. The lowest BCUT2D eigenvalue weighted by atomic mass is 9.98. The van der Waals surface area contributed by atoms with Crippen LogP contribution in [-0.4, -0.2) is 72.2 Å². The first-order valence-corrected chi connectivity index (χ1v) is 12.5. The standard InChI is InChI=1S/C24H33N3O4S/c1-3-29-21-6-5-18(17-22(21)30-4-2)23(28)27-12-7-19(8-13-27)26-14-9-20(10-15-26)31-24-25-11-16-32-24/h5-6,11,16-17,19-20H,3-4,7-10,12-15H2,1-2H3. The van der Waals surface area contributed by atoms with Crippen molar-refractivity contribution in [3.05, 3.63) is 35.3 Å². The fourth-order valence-corrected chi connectivity index (χ4v) is 5.12. The SMILES string of the molecule is CCOc1ccc(C(=O)N2CCC(N3CCC(Oc4nccs4)CC3)CC2)cc1OCC. The van der Waals surface area contributed by atoms with Gasteiger partial charge in [-0.15, -0.1) is 0 Å². The molecule has 0 aliphatic carbocycles. The summed E-state index contributed by atoms with van der Waals surface area (Å²) in [6.45, 7) is 8.64. The van der Waals surface area contributed by atoms with E-state index in [4.69, 9.17) is 14.2 Å². The zero-order valence-electron chi connectivity index (χ0n) is 19.0. The summed E-state index contributed by atoms with van der Waals surface area (Å²) in [6.07, 6.45) is 6.14. The summed E-state index contributed by atoms with van der Waals surface area (Å²) in [5.41, 5.74) is 0.663. The summed E-state index contributed by atoms with van der Waals surface area (Å²) < 4.78 is 17.3. The Morgan fingerprint density at radius 2 is 1.75 bits per heavy atom. The van der Waals surface area contributed by atoms with E-state index in [1.165, 1.54) is 0 Å². The summed E-state index contributed by atoms with van der Waals surface area (Å²) in [5, 5.41) is 2.72. The lowest BCUT2D eigenvalue weighted by molar-refractivity contribution is 0.0424. The third-order valence-electron chi connectivity index (χ3n) is 6.21. The third kappa shape index (κ3) is 5.53. The van der Waals surface area contributed by atoms with Crippen LogP contribution in [0, 0.1) is 0 Å². The molecule has 32 heavy (non-hydrogen) atoms. The topological polar surface area (TPSA) is 64.1 Å². The fraction of sp³-hybridized carbons (Fsp3) is 0.583. The van der Waals surface area contributed by atoms with Gasteiger partial charge in [-0.3, -0.25) is 9.69 Å². The molecule has 174 valence electrons. The zero-order chi connectivity index (χ0) is 22.3. The fourth-order valence-electron chi connectivity index (χ4n) is 4.57. The van der Waals surface area contributed by atoms with Crippen molar-refractivity contribution in [3.63, 3.8) is 0 Å². The molecule has 0 radical (unpaired) electrons. The number of hydrogen-bond acceptors (Lipinski definition) is 7. The molecule has 1 amide bonds. The smallest absolute Gasteiger partial charge is 0.273 e. The van der Waals surface area contributed by atoms with E-state index in [1.807, 2.05) is 42.3 Å². The van der Waals surface area contributed by atoms with E-state index < -0.39 is 0 Å². The van der Waals surface area contributed by atoms with Crippen LogP contribution in [0.2, 0.25) is 0 Å². The first-order chi connectivity index (χ1) is 15.7. The number of aromatic nitrogens is 1. The molecule has 0 atom stereocenters. The van der Waals surface area contributed by atoms with E-state index in [0.717, 1.165) is 57.1 Å². The first-order valence-electron chi connectivity index (χ1n) is 11.7. The van der Waals surface area contributed by atoms with E-state index in [-0.39, 0.29) is 12.0 Å². The van der Waals surface area contributed by atoms with Gasteiger partial charge in [0.25, 0.3) is 11.1 Å². The second-order valence-electron chi connectivity index (χ2n) is 8.20. The molecular formula is C24H33N3O4S. The predicted octanol–water partition coefficient (Wildman–Crippen LogP) is 4.09. The highest BCUT2D eigenvalue weighted by Gasteiger charge is 2.31. The predicted molar refractivity (Wildman–Crippen MR) is 125 cm³/mol. The molecule has 0 N–H and O–H groups in total. The normalized spacial score (nSPS) is 18.5. The van der Waals surface area contributed by atoms with Gasteiger partial charge in [0.1, 0.15) is 6.10 Å². The number of piperidine rings is 2. The summed E-state index contributed by atoms with van der Waals surface area (Å²) >= 11 is 1.55. The van der Waals surface area contributed by atoms with Crippen LogP contribution in [0.25, 0.3) is 0 Å². The molecule has 4 rings (SSSR count). The van der Waals surface area contributed by atoms with Crippen molar-refractivity contribution in [1.29, 1.82) is 0 Å². The summed E-state index contributed by atoms with van der Waals surface area (Å²) in [7, 11) is 0. The van der Waals surface area contributed by atoms with Crippen molar-refractivity contribution < 1.29 is 19.0 Å². The second kappa shape index (κ2) is 11.0. The number of nitrogens with zero attached hydrogens (tertiary/aromatic N) is 3. The van der Waals surface area contributed by atoms with Gasteiger partial charge in [-0.1, -0.05) is 11.3 Å². The van der Waals surface area contributed by atoms with E-state index in [9.17, 15) is 4.79 Å². The Morgan fingerprint density at radius 1 is 1.03 bits per heavy atom. The van der Waals surface area contributed by atoms with Crippen LogP contribution in [0.5, 0.6) is 16.7 Å². The number of hydrogen-bond donors (Lipinski definition) is 0. The number of likely N-dealkylation sites (tertiary alicyclic amines) is 2. The van der Waals surface area contributed by atoms with Crippen molar-refractivity contribution in [2.75, 3.05) is 39.4 Å². The van der Waals surface area contributed by atoms with E-state index in [2.05, 4.69) is 9.88 Å². The maximum atomic E-state index is 13.1. The molecule has 0 spiro atoms. The molecule has 0 bridgehead atoms. The minimum Gasteiger partial charge on any atom is -0.490 e. The van der Waals surface area contributed by atoms with Gasteiger partial charge >= 0.3 is 0 Å². The van der Waals surface area contributed by atoms with Crippen molar-refractivity contribution in [2.24, 2.45) is 0 Å². The van der Waals surface area contributed by atoms with Gasteiger partial charge in [0.2, 0.25) is 0 Å². The van der Waals surface area contributed by atoms with Crippen LogP contribution in [-0.2, 0) is 0 Å². The van der Waals surface area contributed by atoms with Crippen LogP contribution < -0.4 is 14.2 Å². The van der Waals surface area contributed by atoms with Crippen LogP contribution in [0.15, 0.2) is 29.8 Å². The monoisotopic (exact) mass is 459 g/mol. The van der Waals surface area contributed by atoms with Gasteiger partial charge in [-0.2, -0.15) is 0 Å². The van der Waals surface area contributed by atoms with E-state index >= 15 is 0 Å². The van der Waals surface area contributed by atoms with Gasteiger partial charge in [0.05, 0.1) is 13.2 Å². The Hall–Kier alpha value is -2.32. The minimum atomic E-state index is 0.0722. The minimum absolute atomic E-state index is 0.0722. The van der Waals surface area contributed by atoms with Crippen LogP contribution in [0.1, 0.15) is 49.9 Å². The van der Waals surface area contributed by atoms with Crippen molar-refractivity contribution in [2.45, 2.75) is 51.7 Å². The molecule has 2 saturated heterocycles. The van der Waals surface area contributed by atoms with Gasteiger partial charge in [-0.05, 0) is 57.7 Å². The Bertz CT molecular complexity index is 860. The Balaban J connectivity index is 1.27. The molecule has 2 fully saturated rings. The van der Waals surface area contributed by atoms with Crippen molar-refractivity contribution in [3.8, 4) is 16.7 Å². The van der Waals surface area contributed by atoms with Gasteiger partial charge in [0.15, 0.2) is 11.5 Å². The highest BCUT2D eigenvalue weighted by atomic mass is 32.1. The zero-order valence-corrected chi connectivity index (χ0v) is 19.8. The van der Waals surface area contributed by atoms with Crippen molar-refractivity contribution in [1.82, 2.24) is 14.8 Å². The van der Waals surface area contributed by atoms with Gasteiger partial charge < -0.3 is 19.1 Å². The summed E-state index contributed by atoms with van der Waals surface area (Å²) in [4.78, 5) is 21.9. The number of ether oxygens (including phenoxy) is 3. The van der Waals surface area contributed by atoms with Crippen LogP contribution in [0.3, 0.4) is 0 Å².